The first kappa shape index (κ1) is 15.9. The molecule has 1 N–H and O–H groups in total. The molecule has 118 valence electrons. The lowest BCUT2D eigenvalue weighted by Gasteiger charge is -2.35. The molecule has 0 radical (unpaired) electrons. The lowest BCUT2D eigenvalue weighted by atomic mass is 9.91. The van der Waals surface area contributed by atoms with Crippen LogP contribution < -0.4 is 0 Å². The van der Waals surface area contributed by atoms with Crippen molar-refractivity contribution in [3.63, 3.8) is 0 Å². The highest BCUT2D eigenvalue weighted by molar-refractivity contribution is 6.05. The maximum absolute atomic E-state index is 12.6. The normalized spacial score (nSPS) is 21.5. The van der Waals surface area contributed by atoms with Crippen LogP contribution in [0, 0.1) is 22.0 Å². The Labute approximate surface area is 127 Å². The summed E-state index contributed by atoms with van der Waals surface area (Å²) in [5, 5.41) is 20.0. The topological polar surface area (TPSA) is 101 Å². The smallest absolute Gasteiger partial charge is 0.336 e. The molecule has 22 heavy (non-hydrogen) atoms. The van der Waals surface area contributed by atoms with Crippen molar-refractivity contribution in [3.8, 4) is 0 Å². The average molecular weight is 306 g/mol. The van der Waals surface area contributed by atoms with Gasteiger partial charge in [-0.25, -0.2) is 4.79 Å². The first-order valence-corrected chi connectivity index (χ1v) is 7.10. The van der Waals surface area contributed by atoms with Gasteiger partial charge < -0.3 is 10.0 Å². The van der Waals surface area contributed by atoms with Gasteiger partial charge in [0.05, 0.1) is 16.1 Å². The lowest BCUT2D eigenvalue weighted by molar-refractivity contribution is -0.384. The monoisotopic (exact) mass is 306 g/mol. The standard InChI is InChI=1S/C15H18N2O5/c1-9-5-10(2)8-16(7-9)14(18)12-4-3-11(17(21)22)6-13(12)15(19)20/h3-4,6,9-10H,5,7-8H2,1-2H3,(H,19,20). The Balaban J connectivity index is 2.36. The minimum absolute atomic E-state index is 0.000556. The molecule has 2 unspecified atom stereocenters. The molecule has 7 nitrogen and oxygen atoms in total. The number of hydrogen-bond donors (Lipinski definition) is 1. The van der Waals surface area contributed by atoms with Gasteiger partial charge in [-0.15, -0.1) is 0 Å². The van der Waals surface area contributed by atoms with Crippen LogP contribution in [-0.2, 0) is 0 Å². The molecule has 1 amide bonds. The van der Waals surface area contributed by atoms with Gasteiger partial charge in [0.25, 0.3) is 11.6 Å². The summed E-state index contributed by atoms with van der Waals surface area (Å²) in [6.07, 6.45) is 1.02. The Morgan fingerprint density at radius 2 is 1.82 bits per heavy atom. The first-order valence-electron chi connectivity index (χ1n) is 7.10. The molecule has 1 aliphatic heterocycles. The number of rotatable bonds is 3. The van der Waals surface area contributed by atoms with Crippen molar-refractivity contribution in [2.75, 3.05) is 13.1 Å². The molecular weight excluding hydrogens is 288 g/mol. The summed E-state index contributed by atoms with van der Waals surface area (Å²) in [5.74, 6) is -1.03. The molecular formula is C15H18N2O5. The van der Waals surface area contributed by atoms with Gasteiger partial charge in [0.1, 0.15) is 0 Å². The van der Waals surface area contributed by atoms with Crippen LogP contribution in [0.2, 0.25) is 0 Å². The van der Waals surface area contributed by atoms with E-state index in [1.807, 2.05) is 13.8 Å². The van der Waals surface area contributed by atoms with Crippen LogP contribution in [0.4, 0.5) is 5.69 Å². The summed E-state index contributed by atoms with van der Waals surface area (Å²) in [5.41, 5.74) is -0.668. The summed E-state index contributed by atoms with van der Waals surface area (Å²) in [4.78, 5) is 35.6. The molecule has 0 aliphatic carbocycles. The minimum atomic E-state index is -1.34. The number of benzene rings is 1. The maximum Gasteiger partial charge on any atom is 0.336 e. The van der Waals surface area contributed by atoms with Crippen molar-refractivity contribution in [2.45, 2.75) is 20.3 Å². The molecule has 0 bridgehead atoms. The van der Waals surface area contributed by atoms with Gasteiger partial charge in [-0.3, -0.25) is 14.9 Å². The molecule has 1 fully saturated rings. The van der Waals surface area contributed by atoms with Gasteiger partial charge in [0, 0.05) is 25.2 Å². The first-order chi connectivity index (χ1) is 10.3. The molecule has 0 saturated carbocycles. The number of piperidine rings is 1. The molecule has 1 aromatic rings. The predicted octanol–water partition coefficient (Wildman–Crippen LogP) is 2.41. The second kappa shape index (κ2) is 6.13. The highest BCUT2D eigenvalue weighted by atomic mass is 16.6. The minimum Gasteiger partial charge on any atom is -0.478 e. The SMILES string of the molecule is CC1CC(C)CN(C(=O)c2ccc([N+](=O)[O-])cc2C(=O)O)C1. The molecule has 1 saturated heterocycles. The van der Waals surface area contributed by atoms with E-state index in [-0.39, 0.29) is 22.7 Å². The van der Waals surface area contributed by atoms with E-state index in [1.165, 1.54) is 6.07 Å². The fraction of sp³-hybridized carbons (Fsp3) is 0.467. The second-order valence-electron chi connectivity index (χ2n) is 5.95. The van der Waals surface area contributed by atoms with Crippen LogP contribution in [-0.4, -0.2) is 39.9 Å². The quantitative estimate of drug-likeness (QED) is 0.682. The Hall–Kier alpha value is -2.44. The van der Waals surface area contributed by atoms with Crippen LogP contribution in [0.25, 0.3) is 0 Å². The zero-order valence-corrected chi connectivity index (χ0v) is 12.5. The molecule has 2 atom stereocenters. The number of carbonyl (C=O) groups excluding carboxylic acids is 1. The number of non-ortho nitro benzene ring substituents is 1. The third-order valence-electron chi connectivity index (χ3n) is 3.83. The highest BCUT2D eigenvalue weighted by Gasteiger charge is 2.29. The van der Waals surface area contributed by atoms with Crippen LogP contribution in [0.3, 0.4) is 0 Å². The highest BCUT2D eigenvalue weighted by Crippen LogP contribution is 2.25. The average Bonchev–Trinajstić information content (AvgIpc) is 2.44. The summed E-state index contributed by atoms with van der Waals surface area (Å²) in [6.45, 7) is 5.23. The molecule has 0 spiro atoms. The summed E-state index contributed by atoms with van der Waals surface area (Å²) >= 11 is 0. The van der Waals surface area contributed by atoms with Crippen molar-refractivity contribution in [3.05, 3.63) is 39.4 Å². The van der Waals surface area contributed by atoms with E-state index in [0.717, 1.165) is 18.6 Å². The maximum atomic E-state index is 12.6. The molecule has 2 rings (SSSR count). The third kappa shape index (κ3) is 3.24. The van der Waals surface area contributed by atoms with Gasteiger partial charge in [0.2, 0.25) is 0 Å². The van der Waals surface area contributed by atoms with E-state index >= 15 is 0 Å². The number of carbonyl (C=O) groups is 2. The summed E-state index contributed by atoms with van der Waals surface area (Å²) in [6, 6.07) is 3.33. The summed E-state index contributed by atoms with van der Waals surface area (Å²) in [7, 11) is 0. The Kier molecular flexibility index (Phi) is 4.44. The van der Waals surface area contributed by atoms with Crippen LogP contribution in [0.1, 0.15) is 41.0 Å². The van der Waals surface area contributed by atoms with E-state index in [0.29, 0.717) is 24.9 Å². The third-order valence-corrected chi connectivity index (χ3v) is 3.83. The molecule has 1 heterocycles. The van der Waals surface area contributed by atoms with E-state index < -0.39 is 10.9 Å². The zero-order chi connectivity index (χ0) is 16.4. The van der Waals surface area contributed by atoms with Crippen molar-refractivity contribution < 1.29 is 19.6 Å². The van der Waals surface area contributed by atoms with E-state index in [2.05, 4.69) is 0 Å². The Morgan fingerprint density at radius 1 is 1.23 bits per heavy atom. The van der Waals surface area contributed by atoms with E-state index in [1.54, 1.807) is 4.90 Å². The molecule has 1 aromatic carbocycles. The molecule has 1 aliphatic rings. The lowest BCUT2D eigenvalue weighted by Crippen LogP contribution is -2.43. The predicted molar refractivity (Wildman–Crippen MR) is 78.9 cm³/mol. The largest absolute Gasteiger partial charge is 0.478 e. The fourth-order valence-corrected chi connectivity index (χ4v) is 3.01. The van der Waals surface area contributed by atoms with Gasteiger partial charge in [0.15, 0.2) is 0 Å². The number of aromatic carboxylic acids is 1. The van der Waals surface area contributed by atoms with Crippen molar-refractivity contribution >= 4 is 17.6 Å². The molecule has 0 aromatic heterocycles. The zero-order valence-electron chi connectivity index (χ0n) is 12.5. The van der Waals surface area contributed by atoms with Gasteiger partial charge in [-0.2, -0.15) is 0 Å². The number of nitro groups is 1. The number of carboxylic acids is 1. The van der Waals surface area contributed by atoms with Crippen molar-refractivity contribution in [2.24, 2.45) is 11.8 Å². The van der Waals surface area contributed by atoms with Crippen LogP contribution >= 0.6 is 0 Å². The molecule has 7 heteroatoms. The van der Waals surface area contributed by atoms with Crippen molar-refractivity contribution in [1.82, 2.24) is 4.90 Å². The fourth-order valence-electron chi connectivity index (χ4n) is 3.01. The second-order valence-corrected chi connectivity index (χ2v) is 5.95. The number of likely N-dealkylation sites (tertiary alicyclic amines) is 1. The Bertz CT molecular complexity index is 618. The number of amides is 1. The van der Waals surface area contributed by atoms with Gasteiger partial charge in [-0.1, -0.05) is 13.8 Å². The Morgan fingerprint density at radius 3 is 2.32 bits per heavy atom. The van der Waals surface area contributed by atoms with Crippen LogP contribution in [0.5, 0.6) is 0 Å². The van der Waals surface area contributed by atoms with Crippen LogP contribution in [0.15, 0.2) is 18.2 Å². The van der Waals surface area contributed by atoms with E-state index in [9.17, 15) is 24.8 Å². The van der Waals surface area contributed by atoms with Crippen molar-refractivity contribution in [1.29, 1.82) is 0 Å². The van der Waals surface area contributed by atoms with E-state index in [4.69, 9.17) is 0 Å². The van der Waals surface area contributed by atoms with Gasteiger partial charge >= 0.3 is 5.97 Å². The number of hydrogen-bond acceptors (Lipinski definition) is 4. The number of carboxylic acid groups (broad SMARTS) is 1. The number of nitro benzene ring substituents is 1. The van der Waals surface area contributed by atoms with Gasteiger partial charge in [-0.05, 0) is 24.3 Å². The number of nitrogens with zero attached hydrogens (tertiary/aromatic N) is 2. The summed E-state index contributed by atoms with van der Waals surface area (Å²) < 4.78 is 0.